The maximum atomic E-state index is 9.07. The van der Waals surface area contributed by atoms with E-state index >= 15 is 0 Å². The number of hydrogen-bond acceptors (Lipinski definition) is 3. The van der Waals surface area contributed by atoms with Gasteiger partial charge in [-0.1, -0.05) is 0 Å². The third-order valence-corrected chi connectivity index (χ3v) is 1.83. The lowest BCUT2D eigenvalue weighted by Gasteiger charge is -2.12. The van der Waals surface area contributed by atoms with Crippen LogP contribution in [0.1, 0.15) is 6.42 Å². The molecule has 3 N–H and O–H groups in total. The molecule has 3 heteroatoms. The van der Waals surface area contributed by atoms with E-state index in [1.54, 1.807) is 0 Å². The van der Waals surface area contributed by atoms with E-state index in [4.69, 9.17) is 10.2 Å². The number of aliphatic hydroxyl groups is 2. The molecule has 0 bridgehead atoms. The van der Waals surface area contributed by atoms with Crippen molar-refractivity contribution >= 4 is 0 Å². The van der Waals surface area contributed by atoms with Crippen LogP contribution in [-0.4, -0.2) is 36.0 Å². The van der Waals surface area contributed by atoms with Gasteiger partial charge < -0.3 is 15.5 Å². The first kappa shape index (κ1) is 6.99. The molecule has 9 heavy (non-hydrogen) atoms. The maximum Gasteiger partial charge on any atom is 0.0811 e. The summed E-state index contributed by atoms with van der Waals surface area (Å²) in [5, 5.41) is 20.7. The molecule has 0 aromatic rings. The fraction of sp³-hybridized carbons (Fsp3) is 1.00. The summed E-state index contributed by atoms with van der Waals surface area (Å²) in [5.74, 6) is 0.273. The fourth-order valence-corrected chi connectivity index (χ4v) is 1.15. The monoisotopic (exact) mass is 131 g/mol. The van der Waals surface area contributed by atoms with Gasteiger partial charge in [-0.05, 0) is 13.0 Å². The van der Waals surface area contributed by atoms with Gasteiger partial charge >= 0.3 is 0 Å². The van der Waals surface area contributed by atoms with Crippen LogP contribution < -0.4 is 5.32 Å². The Balaban J connectivity index is 2.24. The molecule has 0 aromatic heterocycles. The molecule has 0 saturated carbocycles. The van der Waals surface area contributed by atoms with Crippen LogP contribution in [0.15, 0.2) is 0 Å². The van der Waals surface area contributed by atoms with Crippen LogP contribution >= 0.6 is 0 Å². The van der Waals surface area contributed by atoms with Gasteiger partial charge in [0.2, 0.25) is 0 Å². The molecule has 2 atom stereocenters. The molecule has 1 fully saturated rings. The second-order valence-corrected chi connectivity index (χ2v) is 2.50. The van der Waals surface area contributed by atoms with Crippen molar-refractivity contribution in [3.63, 3.8) is 0 Å². The summed E-state index contributed by atoms with van der Waals surface area (Å²) in [6, 6.07) is 0. The molecule has 0 amide bonds. The van der Waals surface area contributed by atoms with E-state index in [9.17, 15) is 0 Å². The van der Waals surface area contributed by atoms with Gasteiger partial charge in [0.05, 0.1) is 12.7 Å². The minimum Gasteiger partial charge on any atom is -0.394 e. The highest BCUT2D eigenvalue weighted by atomic mass is 16.3. The van der Waals surface area contributed by atoms with E-state index in [0.717, 1.165) is 19.5 Å². The Morgan fingerprint density at radius 3 is 2.89 bits per heavy atom. The summed E-state index contributed by atoms with van der Waals surface area (Å²) >= 11 is 0. The highest BCUT2D eigenvalue weighted by molar-refractivity contribution is 4.76. The fourth-order valence-electron chi connectivity index (χ4n) is 1.15. The third kappa shape index (κ3) is 1.64. The van der Waals surface area contributed by atoms with Crippen molar-refractivity contribution < 1.29 is 10.2 Å². The summed E-state index contributed by atoms with van der Waals surface area (Å²) in [6.45, 7) is 1.72. The molecule has 0 radical (unpaired) electrons. The number of hydrogen-bond donors (Lipinski definition) is 3. The SMILES string of the molecule is OC[C@H](O)[C@@H]1CCNC1. The molecule has 0 spiro atoms. The summed E-state index contributed by atoms with van der Waals surface area (Å²) in [6.07, 6.45) is 0.474. The molecule has 54 valence electrons. The standard InChI is InChI=1S/C6H13NO2/c8-4-6(9)5-1-2-7-3-5/h5-9H,1-4H2/t5-,6+/m1/s1. The minimum atomic E-state index is -0.514. The van der Waals surface area contributed by atoms with Crippen molar-refractivity contribution in [3.05, 3.63) is 0 Å². The number of nitrogens with one attached hydrogen (secondary N) is 1. The van der Waals surface area contributed by atoms with Crippen molar-refractivity contribution in [2.24, 2.45) is 5.92 Å². The lowest BCUT2D eigenvalue weighted by atomic mass is 10.0. The maximum absolute atomic E-state index is 9.07. The zero-order valence-electron chi connectivity index (χ0n) is 5.38. The van der Waals surface area contributed by atoms with Crippen LogP contribution in [0.25, 0.3) is 0 Å². The topological polar surface area (TPSA) is 52.5 Å². The van der Waals surface area contributed by atoms with Crippen molar-refractivity contribution in [1.82, 2.24) is 5.32 Å². The van der Waals surface area contributed by atoms with E-state index in [2.05, 4.69) is 5.32 Å². The molecule has 0 aliphatic carbocycles. The number of aliphatic hydroxyl groups excluding tert-OH is 2. The molecule has 1 rings (SSSR count). The molecule has 1 saturated heterocycles. The van der Waals surface area contributed by atoms with E-state index in [1.165, 1.54) is 0 Å². The second-order valence-electron chi connectivity index (χ2n) is 2.50. The number of rotatable bonds is 2. The zero-order valence-corrected chi connectivity index (χ0v) is 5.38. The van der Waals surface area contributed by atoms with E-state index in [0.29, 0.717) is 0 Å². The van der Waals surface area contributed by atoms with Crippen molar-refractivity contribution in [1.29, 1.82) is 0 Å². The van der Waals surface area contributed by atoms with Crippen molar-refractivity contribution in [2.45, 2.75) is 12.5 Å². The molecule has 1 aliphatic heterocycles. The Morgan fingerprint density at radius 1 is 1.67 bits per heavy atom. The Bertz CT molecular complexity index is 81.1. The average Bonchev–Trinajstić information content (AvgIpc) is 2.37. The summed E-state index contributed by atoms with van der Waals surface area (Å²) in [7, 11) is 0. The van der Waals surface area contributed by atoms with Gasteiger partial charge in [-0.15, -0.1) is 0 Å². The molecule has 1 aliphatic rings. The van der Waals surface area contributed by atoms with E-state index in [-0.39, 0.29) is 12.5 Å². The normalized spacial score (nSPS) is 30.7. The summed E-state index contributed by atoms with van der Waals surface area (Å²) < 4.78 is 0. The Morgan fingerprint density at radius 2 is 2.44 bits per heavy atom. The van der Waals surface area contributed by atoms with Crippen LogP contribution in [0.5, 0.6) is 0 Å². The first-order valence-corrected chi connectivity index (χ1v) is 3.34. The van der Waals surface area contributed by atoms with Crippen LogP contribution in [-0.2, 0) is 0 Å². The summed E-state index contributed by atoms with van der Waals surface area (Å²) in [4.78, 5) is 0. The molecule has 0 aromatic carbocycles. The van der Waals surface area contributed by atoms with Gasteiger partial charge in [0.15, 0.2) is 0 Å². The Kier molecular flexibility index (Phi) is 2.45. The van der Waals surface area contributed by atoms with Gasteiger partial charge in [-0.2, -0.15) is 0 Å². The van der Waals surface area contributed by atoms with Crippen LogP contribution in [0.2, 0.25) is 0 Å². The van der Waals surface area contributed by atoms with Crippen LogP contribution in [0, 0.1) is 5.92 Å². The molecular formula is C6H13NO2. The molecule has 1 heterocycles. The Labute approximate surface area is 54.7 Å². The van der Waals surface area contributed by atoms with E-state index in [1.807, 2.05) is 0 Å². The van der Waals surface area contributed by atoms with Gasteiger partial charge in [0.25, 0.3) is 0 Å². The predicted molar refractivity (Wildman–Crippen MR) is 34.1 cm³/mol. The highest BCUT2D eigenvalue weighted by Gasteiger charge is 2.21. The minimum absolute atomic E-state index is 0.105. The van der Waals surface area contributed by atoms with Crippen LogP contribution in [0.4, 0.5) is 0 Å². The lowest BCUT2D eigenvalue weighted by molar-refractivity contribution is 0.0539. The van der Waals surface area contributed by atoms with Crippen LogP contribution in [0.3, 0.4) is 0 Å². The molecule has 0 unspecified atom stereocenters. The molecular weight excluding hydrogens is 118 g/mol. The van der Waals surface area contributed by atoms with Crippen molar-refractivity contribution in [2.75, 3.05) is 19.7 Å². The van der Waals surface area contributed by atoms with Gasteiger partial charge in [0, 0.05) is 12.5 Å². The van der Waals surface area contributed by atoms with Gasteiger partial charge in [0.1, 0.15) is 0 Å². The largest absolute Gasteiger partial charge is 0.394 e. The first-order chi connectivity index (χ1) is 4.34. The first-order valence-electron chi connectivity index (χ1n) is 3.34. The Hall–Kier alpha value is -0.120. The van der Waals surface area contributed by atoms with Crippen molar-refractivity contribution in [3.8, 4) is 0 Å². The summed E-state index contributed by atoms with van der Waals surface area (Å²) in [5.41, 5.74) is 0. The predicted octanol–water partition coefficient (Wildman–Crippen LogP) is -1.05. The molecule has 3 nitrogen and oxygen atoms in total. The quantitative estimate of drug-likeness (QED) is 0.448. The third-order valence-electron chi connectivity index (χ3n) is 1.83. The van der Waals surface area contributed by atoms with Gasteiger partial charge in [-0.3, -0.25) is 0 Å². The zero-order chi connectivity index (χ0) is 6.69. The van der Waals surface area contributed by atoms with E-state index < -0.39 is 6.10 Å². The highest BCUT2D eigenvalue weighted by Crippen LogP contribution is 2.11. The average molecular weight is 131 g/mol. The smallest absolute Gasteiger partial charge is 0.0811 e. The second kappa shape index (κ2) is 3.15. The van der Waals surface area contributed by atoms with Gasteiger partial charge in [-0.25, -0.2) is 0 Å². The lowest BCUT2D eigenvalue weighted by Crippen LogP contribution is -2.25.